The first kappa shape index (κ1) is 16.3. The van der Waals surface area contributed by atoms with Gasteiger partial charge in [-0.2, -0.15) is 0 Å². The van der Waals surface area contributed by atoms with Gasteiger partial charge in [0.25, 0.3) is 0 Å². The maximum Gasteiger partial charge on any atom is 0.231 e. The van der Waals surface area contributed by atoms with Gasteiger partial charge in [-0.05, 0) is 25.2 Å². The molecule has 0 spiro atoms. The quantitative estimate of drug-likeness (QED) is 0.778. The standard InChI is InChI=1S/C16H29N3O2/c17-15(20)12-19-10-8-14(9-11-19)18-16(21)7-6-13-4-2-1-3-5-13/h13-14H,1-12H2,(H2,17,20)(H,18,21). The minimum Gasteiger partial charge on any atom is -0.369 e. The Morgan fingerprint density at radius 3 is 2.33 bits per heavy atom. The maximum absolute atomic E-state index is 12.0. The molecule has 5 heteroatoms. The zero-order valence-electron chi connectivity index (χ0n) is 13.0. The van der Waals surface area contributed by atoms with Gasteiger partial charge < -0.3 is 11.1 Å². The molecule has 5 nitrogen and oxygen atoms in total. The van der Waals surface area contributed by atoms with E-state index in [0.717, 1.165) is 38.3 Å². The molecule has 1 saturated heterocycles. The summed E-state index contributed by atoms with van der Waals surface area (Å²) in [6.45, 7) is 2.02. The number of nitrogens with zero attached hydrogens (tertiary/aromatic N) is 1. The minimum absolute atomic E-state index is 0.203. The zero-order valence-corrected chi connectivity index (χ0v) is 13.0. The van der Waals surface area contributed by atoms with Crippen molar-refractivity contribution in [3.8, 4) is 0 Å². The van der Waals surface area contributed by atoms with Gasteiger partial charge in [0, 0.05) is 25.6 Å². The third-order valence-corrected chi connectivity index (χ3v) is 4.84. The number of carbonyl (C=O) groups is 2. The number of hydrogen-bond donors (Lipinski definition) is 2. The molecular formula is C16H29N3O2. The van der Waals surface area contributed by atoms with Crippen LogP contribution < -0.4 is 11.1 Å². The van der Waals surface area contributed by atoms with Crippen molar-refractivity contribution in [1.29, 1.82) is 0 Å². The molecule has 0 unspecified atom stereocenters. The lowest BCUT2D eigenvalue weighted by atomic mass is 9.86. The lowest BCUT2D eigenvalue weighted by molar-refractivity contribution is -0.123. The Morgan fingerprint density at radius 1 is 1.05 bits per heavy atom. The molecule has 1 aliphatic heterocycles. The van der Waals surface area contributed by atoms with Crippen molar-refractivity contribution in [3.05, 3.63) is 0 Å². The number of primary amides is 1. The SMILES string of the molecule is NC(=O)CN1CCC(NC(=O)CCC2CCCCC2)CC1. The minimum atomic E-state index is -0.273. The maximum atomic E-state index is 12.0. The second-order valence-corrected chi connectivity index (χ2v) is 6.63. The van der Waals surface area contributed by atoms with Crippen LogP contribution in [0.15, 0.2) is 0 Å². The molecule has 2 rings (SSSR count). The third-order valence-electron chi connectivity index (χ3n) is 4.84. The van der Waals surface area contributed by atoms with Crippen molar-refractivity contribution < 1.29 is 9.59 Å². The fourth-order valence-corrected chi connectivity index (χ4v) is 3.57. The van der Waals surface area contributed by atoms with Crippen LogP contribution in [0.3, 0.4) is 0 Å². The van der Waals surface area contributed by atoms with E-state index in [9.17, 15) is 9.59 Å². The lowest BCUT2D eigenvalue weighted by Crippen LogP contribution is -2.46. The summed E-state index contributed by atoms with van der Waals surface area (Å²) in [6, 6.07) is 0.271. The van der Waals surface area contributed by atoms with Gasteiger partial charge in [0.15, 0.2) is 0 Å². The highest BCUT2D eigenvalue weighted by Gasteiger charge is 2.22. The molecule has 0 aromatic rings. The van der Waals surface area contributed by atoms with Gasteiger partial charge in [0.2, 0.25) is 11.8 Å². The molecular weight excluding hydrogens is 266 g/mol. The topological polar surface area (TPSA) is 75.4 Å². The van der Waals surface area contributed by atoms with Crippen LogP contribution in [0, 0.1) is 5.92 Å². The lowest BCUT2D eigenvalue weighted by Gasteiger charge is -2.31. The highest BCUT2D eigenvalue weighted by Crippen LogP contribution is 2.27. The summed E-state index contributed by atoms with van der Waals surface area (Å²) < 4.78 is 0. The number of carbonyl (C=O) groups excluding carboxylic acids is 2. The highest BCUT2D eigenvalue weighted by atomic mass is 16.2. The molecule has 0 bridgehead atoms. The van der Waals surface area contributed by atoms with Crippen LogP contribution >= 0.6 is 0 Å². The third kappa shape index (κ3) is 6.04. The van der Waals surface area contributed by atoms with Crippen LogP contribution in [0.2, 0.25) is 0 Å². The number of likely N-dealkylation sites (tertiary alicyclic amines) is 1. The summed E-state index contributed by atoms with van der Waals surface area (Å²) >= 11 is 0. The molecule has 21 heavy (non-hydrogen) atoms. The van der Waals surface area contributed by atoms with Crippen molar-refractivity contribution in [2.45, 2.75) is 63.8 Å². The Labute approximate surface area is 127 Å². The molecule has 0 aromatic carbocycles. The van der Waals surface area contributed by atoms with Crippen LogP contribution in [0.1, 0.15) is 57.8 Å². The van der Waals surface area contributed by atoms with E-state index in [1.807, 2.05) is 0 Å². The molecule has 1 aliphatic carbocycles. The van der Waals surface area contributed by atoms with E-state index < -0.39 is 0 Å². The molecule has 2 amide bonds. The van der Waals surface area contributed by atoms with Crippen LogP contribution in [0.25, 0.3) is 0 Å². The molecule has 2 aliphatic rings. The van der Waals surface area contributed by atoms with Crippen LogP contribution in [0.5, 0.6) is 0 Å². The van der Waals surface area contributed by atoms with Crippen LogP contribution in [0.4, 0.5) is 0 Å². The van der Waals surface area contributed by atoms with Crippen molar-refractivity contribution in [1.82, 2.24) is 10.2 Å². The van der Waals surface area contributed by atoms with E-state index in [0.29, 0.717) is 13.0 Å². The molecule has 2 fully saturated rings. The first-order valence-corrected chi connectivity index (χ1v) is 8.43. The Bertz CT molecular complexity index is 345. The van der Waals surface area contributed by atoms with E-state index >= 15 is 0 Å². The second kappa shape index (κ2) is 8.37. The van der Waals surface area contributed by atoms with Gasteiger partial charge >= 0.3 is 0 Å². The fraction of sp³-hybridized carbons (Fsp3) is 0.875. The van der Waals surface area contributed by atoms with Gasteiger partial charge in [-0.1, -0.05) is 32.1 Å². The predicted octanol–water partition coefficient (Wildman–Crippen LogP) is 1.41. The van der Waals surface area contributed by atoms with Crippen molar-refractivity contribution in [2.75, 3.05) is 19.6 Å². The summed E-state index contributed by atoms with van der Waals surface area (Å²) in [7, 11) is 0. The number of piperidine rings is 1. The van der Waals surface area contributed by atoms with Gasteiger partial charge in [0.1, 0.15) is 0 Å². The monoisotopic (exact) mass is 295 g/mol. The van der Waals surface area contributed by atoms with Crippen LogP contribution in [-0.2, 0) is 9.59 Å². The van der Waals surface area contributed by atoms with E-state index in [-0.39, 0.29) is 17.9 Å². The second-order valence-electron chi connectivity index (χ2n) is 6.63. The van der Waals surface area contributed by atoms with Crippen LogP contribution in [-0.4, -0.2) is 42.4 Å². The largest absolute Gasteiger partial charge is 0.369 e. The normalized spacial score (nSPS) is 22.1. The number of nitrogens with two attached hydrogens (primary N) is 1. The molecule has 0 atom stereocenters. The van der Waals surface area contributed by atoms with E-state index in [4.69, 9.17) is 5.73 Å². The number of rotatable bonds is 6. The molecule has 120 valence electrons. The van der Waals surface area contributed by atoms with Crippen molar-refractivity contribution in [2.24, 2.45) is 11.7 Å². The highest BCUT2D eigenvalue weighted by molar-refractivity contribution is 5.76. The molecule has 0 radical (unpaired) electrons. The Kier molecular flexibility index (Phi) is 6.49. The Balaban J connectivity index is 1.59. The van der Waals surface area contributed by atoms with Gasteiger partial charge in [-0.25, -0.2) is 0 Å². The first-order chi connectivity index (χ1) is 10.1. The van der Waals surface area contributed by atoms with E-state index in [1.54, 1.807) is 0 Å². The van der Waals surface area contributed by atoms with E-state index in [2.05, 4.69) is 10.2 Å². The Morgan fingerprint density at radius 2 is 1.71 bits per heavy atom. The number of amides is 2. The molecule has 0 aromatic heterocycles. The van der Waals surface area contributed by atoms with Gasteiger partial charge in [0.05, 0.1) is 6.54 Å². The predicted molar refractivity (Wildman–Crippen MR) is 82.6 cm³/mol. The summed E-state index contributed by atoms with van der Waals surface area (Å²) in [5, 5.41) is 3.15. The average molecular weight is 295 g/mol. The zero-order chi connectivity index (χ0) is 15.1. The first-order valence-electron chi connectivity index (χ1n) is 8.43. The van der Waals surface area contributed by atoms with Gasteiger partial charge in [-0.3, -0.25) is 14.5 Å². The van der Waals surface area contributed by atoms with Crippen molar-refractivity contribution >= 4 is 11.8 Å². The average Bonchev–Trinajstić information content (AvgIpc) is 2.48. The Hall–Kier alpha value is -1.10. The summed E-state index contributed by atoms with van der Waals surface area (Å²) in [5.74, 6) is 0.695. The van der Waals surface area contributed by atoms with Gasteiger partial charge in [-0.15, -0.1) is 0 Å². The summed E-state index contributed by atoms with van der Waals surface area (Å²) in [4.78, 5) is 25.0. The smallest absolute Gasteiger partial charge is 0.231 e. The van der Waals surface area contributed by atoms with Crippen molar-refractivity contribution in [3.63, 3.8) is 0 Å². The molecule has 3 N–H and O–H groups in total. The number of nitrogens with one attached hydrogen (secondary N) is 1. The van der Waals surface area contributed by atoms with E-state index in [1.165, 1.54) is 32.1 Å². The number of hydrogen-bond acceptors (Lipinski definition) is 3. The summed E-state index contributed by atoms with van der Waals surface area (Å²) in [6.07, 6.45) is 10.2. The molecule has 1 heterocycles. The summed E-state index contributed by atoms with van der Waals surface area (Å²) in [5.41, 5.74) is 5.20. The molecule has 1 saturated carbocycles. The fourth-order valence-electron chi connectivity index (χ4n) is 3.57.